The van der Waals surface area contributed by atoms with Crippen LogP contribution in [-0.4, -0.2) is 102 Å². The number of nitrogens with zero attached hydrogens (tertiary/aromatic N) is 2. The van der Waals surface area contributed by atoms with Crippen LogP contribution >= 0.6 is 43.5 Å². The van der Waals surface area contributed by atoms with Crippen molar-refractivity contribution in [1.82, 2.24) is 9.80 Å². The van der Waals surface area contributed by atoms with E-state index in [9.17, 15) is 18.4 Å². The number of halogens is 5. The number of ether oxygens (including phenoxy) is 5. The molecule has 2 aromatic carbocycles. The second-order valence-corrected chi connectivity index (χ2v) is 16.6. The second kappa shape index (κ2) is 23.5. The minimum Gasteiger partial charge on any atom is -0.508 e. The molecular formula is C38H55Br2ClF2N2O8. The van der Waals surface area contributed by atoms with Gasteiger partial charge in [0.1, 0.15) is 34.3 Å². The number of rotatable bonds is 12. The van der Waals surface area contributed by atoms with E-state index in [-0.39, 0.29) is 35.8 Å². The summed E-state index contributed by atoms with van der Waals surface area (Å²) in [5.41, 5.74) is -0.932. The number of hydrogen-bond donors (Lipinski definition) is 1. The standard InChI is InChI=1S/C19H27BrFNO4.C13H24ClNO3.C6H4BrFO/c1-19(2,3)26-18(23)22-9-4-6-14(22)13-24-10-5-11-25-15-7-8-16(20)17(21)12-15;1-13(2,3)18-12(16)15-8-4-6-11(15)10-17-9-5-7-14;7-5-2-1-4(9)3-6(5)8/h7-8,12,14H,4-6,9-11,13H2,1-3H3;11H,4-10H2,1-3H3;1-3,9H/t14-;11-;/m11./s1. The van der Waals surface area contributed by atoms with E-state index in [0.29, 0.717) is 66.6 Å². The fourth-order valence-corrected chi connectivity index (χ4v) is 5.74. The number of amides is 2. The molecule has 0 aliphatic carbocycles. The van der Waals surface area contributed by atoms with E-state index < -0.39 is 17.0 Å². The lowest BCUT2D eigenvalue weighted by Gasteiger charge is -2.28. The third-order valence-corrected chi connectivity index (χ3v) is 9.10. The zero-order valence-corrected chi connectivity index (χ0v) is 35.5. The molecule has 4 rings (SSSR count). The monoisotopic (exact) mass is 898 g/mol. The number of benzene rings is 2. The molecule has 15 heteroatoms. The van der Waals surface area contributed by atoms with E-state index in [4.69, 9.17) is 40.4 Å². The van der Waals surface area contributed by atoms with Gasteiger partial charge in [0.25, 0.3) is 0 Å². The number of phenolic OH excluding ortho intramolecular Hbond substituents is 1. The Morgan fingerprint density at radius 3 is 1.68 bits per heavy atom. The van der Waals surface area contributed by atoms with Crippen molar-refractivity contribution in [2.24, 2.45) is 0 Å². The molecule has 53 heavy (non-hydrogen) atoms. The third kappa shape index (κ3) is 19.2. The molecule has 2 saturated heterocycles. The molecule has 2 aliphatic rings. The van der Waals surface area contributed by atoms with Gasteiger partial charge in [0, 0.05) is 50.7 Å². The second-order valence-electron chi connectivity index (χ2n) is 14.5. The van der Waals surface area contributed by atoms with Crippen LogP contribution < -0.4 is 4.74 Å². The molecule has 2 amide bonds. The molecule has 0 aromatic heterocycles. The molecule has 2 heterocycles. The van der Waals surface area contributed by atoms with Gasteiger partial charge in [0.15, 0.2) is 0 Å². The Hall–Kier alpha value is -2.39. The highest BCUT2D eigenvalue weighted by Crippen LogP contribution is 2.24. The van der Waals surface area contributed by atoms with E-state index >= 15 is 0 Å². The zero-order chi connectivity index (χ0) is 39.6. The number of alkyl halides is 1. The van der Waals surface area contributed by atoms with Crippen molar-refractivity contribution in [1.29, 1.82) is 0 Å². The zero-order valence-electron chi connectivity index (χ0n) is 31.6. The predicted octanol–water partition coefficient (Wildman–Crippen LogP) is 10.1. The molecule has 0 unspecified atom stereocenters. The van der Waals surface area contributed by atoms with Crippen LogP contribution in [0.5, 0.6) is 11.5 Å². The summed E-state index contributed by atoms with van der Waals surface area (Å²) >= 11 is 11.6. The lowest BCUT2D eigenvalue weighted by atomic mass is 10.2. The number of carbonyl (C=O) groups excluding carboxylic acids is 2. The molecule has 0 radical (unpaired) electrons. The maximum absolute atomic E-state index is 13.4. The van der Waals surface area contributed by atoms with E-state index in [2.05, 4.69) is 31.9 Å². The topological polar surface area (TPSA) is 107 Å². The minimum absolute atomic E-state index is 0.0595. The van der Waals surface area contributed by atoms with Crippen LogP contribution in [-0.2, 0) is 18.9 Å². The molecule has 0 saturated carbocycles. The summed E-state index contributed by atoms with van der Waals surface area (Å²) in [6, 6.07) is 8.79. The first-order valence-electron chi connectivity index (χ1n) is 17.8. The van der Waals surface area contributed by atoms with Gasteiger partial charge in [-0.25, -0.2) is 18.4 Å². The minimum atomic E-state index is -0.491. The molecular weight excluding hydrogens is 846 g/mol. The van der Waals surface area contributed by atoms with Crippen molar-refractivity contribution in [3.05, 3.63) is 57.0 Å². The molecule has 10 nitrogen and oxygen atoms in total. The Morgan fingerprint density at radius 2 is 1.25 bits per heavy atom. The fourth-order valence-electron chi connectivity index (χ4n) is 5.14. The summed E-state index contributed by atoms with van der Waals surface area (Å²) in [5, 5.41) is 8.68. The van der Waals surface area contributed by atoms with Gasteiger partial charge in [0.05, 0.1) is 40.8 Å². The normalized spacial score (nSPS) is 17.0. The fraction of sp³-hybridized carbons (Fsp3) is 0.632. The first-order chi connectivity index (χ1) is 24.9. The highest BCUT2D eigenvalue weighted by Gasteiger charge is 2.33. The third-order valence-electron chi connectivity index (χ3n) is 7.55. The highest BCUT2D eigenvalue weighted by atomic mass is 79.9. The molecule has 2 fully saturated rings. The van der Waals surface area contributed by atoms with E-state index in [1.165, 1.54) is 18.2 Å². The van der Waals surface area contributed by atoms with E-state index in [0.717, 1.165) is 44.7 Å². The molecule has 300 valence electrons. The van der Waals surface area contributed by atoms with Crippen molar-refractivity contribution in [3.63, 3.8) is 0 Å². The first kappa shape index (κ1) is 46.8. The lowest BCUT2D eigenvalue weighted by Crippen LogP contribution is -2.41. The van der Waals surface area contributed by atoms with Crippen LogP contribution in [0.2, 0.25) is 0 Å². The molecule has 0 bridgehead atoms. The van der Waals surface area contributed by atoms with Crippen molar-refractivity contribution >= 4 is 55.6 Å². The van der Waals surface area contributed by atoms with E-state index in [1.54, 1.807) is 21.9 Å². The molecule has 2 atom stereocenters. The van der Waals surface area contributed by atoms with Gasteiger partial charge in [0.2, 0.25) is 0 Å². The summed E-state index contributed by atoms with van der Waals surface area (Å²) < 4.78 is 54.1. The summed E-state index contributed by atoms with van der Waals surface area (Å²) in [4.78, 5) is 27.7. The van der Waals surface area contributed by atoms with Crippen LogP contribution in [0.25, 0.3) is 0 Å². The Bertz CT molecular complexity index is 1410. The SMILES string of the molecule is CC(C)(C)OC(=O)N1CCC[C@@H]1COCCCCl.CC(C)(C)OC(=O)N1CCC[C@@H]1COCCCOc1ccc(Br)c(F)c1.Oc1ccc(Br)c(F)c1. The van der Waals surface area contributed by atoms with Gasteiger partial charge in [-0.15, -0.1) is 11.6 Å². The number of carbonyl (C=O) groups is 2. The summed E-state index contributed by atoms with van der Waals surface area (Å²) in [5.74, 6) is 0.256. The average molecular weight is 901 g/mol. The van der Waals surface area contributed by atoms with Crippen LogP contribution in [0.1, 0.15) is 80.1 Å². The van der Waals surface area contributed by atoms with Gasteiger partial charge >= 0.3 is 12.2 Å². The smallest absolute Gasteiger partial charge is 0.410 e. The summed E-state index contributed by atoms with van der Waals surface area (Å²) in [7, 11) is 0. The van der Waals surface area contributed by atoms with Gasteiger partial charge in [-0.3, -0.25) is 0 Å². The van der Waals surface area contributed by atoms with Crippen LogP contribution in [0.4, 0.5) is 18.4 Å². The van der Waals surface area contributed by atoms with Gasteiger partial charge in [-0.05, 0) is 130 Å². The van der Waals surface area contributed by atoms with Crippen molar-refractivity contribution in [2.45, 2.75) is 103 Å². The Morgan fingerprint density at radius 1 is 0.774 bits per heavy atom. The largest absolute Gasteiger partial charge is 0.508 e. The van der Waals surface area contributed by atoms with Crippen LogP contribution in [0.3, 0.4) is 0 Å². The summed E-state index contributed by atoms with van der Waals surface area (Å²) in [6.07, 6.45) is 4.93. The first-order valence-corrected chi connectivity index (χ1v) is 19.9. The molecule has 0 spiro atoms. The quantitative estimate of drug-likeness (QED) is 0.166. The van der Waals surface area contributed by atoms with Gasteiger partial charge in [-0.2, -0.15) is 0 Å². The van der Waals surface area contributed by atoms with Crippen LogP contribution in [0.15, 0.2) is 45.3 Å². The van der Waals surface area contributed by atoms with Crippen molar-refractivity contribution in [3.8, 4) is 11.5 Å². The Labute approximate surface area is 335 Å². The van der Waals surface area contributed by atoms with Gasteiger partial charge < -0.3 is 38.6 Å². The molecule has 1 N–H and O–H groups in total. The number of aromatic hydroxyl groups is 1. The summed E-state index contributed by atoms with van der Waals surface area (Å²) in [6.45, 7) is 15.4. The van der Waals surface area contributed by atoms with Crippen molar-refractivity contribution < 1.29 is 47.2 Å². The van der Waals surface area contributed by atoms with Crippen LogP contribution in [0, 0.1) is 11.6 Å². The van der Waals surface area contributed by atoms with Crippen molar-refractivity contribution in [2.75, 3.05) is 52.0 Å². The number of hydrogen-bond acceptors (Lipinski definition) is 8. The van der Waals surface area contributed by atoms with Gasteiger partial charge in [-0.1, -0.05) is 0 Å². The number of likely N-dealkylation sites (tertiary alicyclic amines) is 2. The Kier molecular flexibility index (Phi) is 20.7. The maximum atomic E-state index is 13.4. The highest BCUT2D eigenvalue weighted by molar-refractivity contribution is 9.10. The maximum Gasteiger partial charge on any atom is 0.410 e. The molecule has 2 aromatic rings. The number of phenols is 1. The molecule has 2 aliphatic heterocycles. The average Bonchev–Trinajstić information content (AvgIpc) is 3.74. The lowest BCUT2D eigenvalue weighted by molar-refractivity contribution is 0.00937. The predicted molar refractivity (Wildman–Crippen MR) is 209 cm³/mol. The Balaban J connectivity index is 0.000000309. The van der Waals surface area contributed by atoms with E-state index in [1.807, 2.05) is 41.5 Å².